The lowest BCUT2D eigenvalue weighted by Gasteiger charge is -2.24. The fourth-order valence-electron chi connectivity index (χ4n) is 2.27. The summed E-state index contributed by atoms with van der Waals surface area (Å²) in [7, 11) is 1.67. The molecule has 130 valence electrons. The number of hydrogen-bond acceptors (Lipinski definition) is 5. The molecular formula is C17H23N3O3S. The van der Waals surface area contributed by atoms with E-state index in [0.29, 0.717) is 12.1 Å². The Kier molecular flexibility index (Phi) is 5.58. The summed E-state index contributed by atoms with van der Waals surface area (Å²) in [5, 5.41) is 13.1. The molecule has 6 nitrogen and oxygen atoms in total. The average molecular weight is 349 g/mol. The lowest BCUT2D eigenvalue weighted by molar-refractivity contribution is 0.0860. The highest BCUT2D eigenvalue weighted by molar-refractivity contribution is 7.92. The Labute approximate surface area is 144 Å². The second-order valence-electron chi connectivity index (χ2n) is 5.95. The van der Waals surface area contributed by atoms with Crippen LogP contribution in [0.3, 0.4) is 0 Å². The van der Waals surface area contributed by atoms with Gasteiger partial charge >= 0.3 is 0 Å². The van der Waals surface area contributed by atoms with Gasteiger partial charge in [0, 0.05) is 18.8 Å². The van der Waals surface area contributed by atoms with Crippen LogP contribution < -0.4 is 15.6 Å². The van der Waals surface area contributed by atoms with Crippen molar-refractivity contribution in [1.29, 1.82) is 0 Å². The molecule has 1 aromatic carbocycles. The molecule has 0 amide bonds. The smallest absolute Gasteiger partial charge is 0.273 e. The van der Waals surface area contributed by atoms with E-state index >= 15 is 0 Å². The van der Waals surface area contributed by atoms with Gasteiger partial charge in [0.15, 0.2) is 0 Å². The van der Waals surface area contributed by atoms with Crippen molar-refractivity contribution in [3.63, 3.8) is 0 Å². The van der Waals surface area contributed by atoms with Gasteiger partial charge in [-0.15, -0.1) is 0 Å². The first-order valence-corrected chi connectivity index (χ1v) is 9.19. The lowest BCUT2D eigenvalue weighted by Crippen LogP contribution is -2.36. The van der Waals surface area contributed by atoms with Gasteiger partial charge < -0.3 is 19.5 Å². The number of hydrogen-bond donors (Lipinski definition) is 3. The Balaban J connectivity index is 2.45. The summed E-state index contributed by atoms with van der Waals surface area (Å²) in [6.07, 6.45) is 3.76. The molecule has 0 saturated carbocycles. The van der Waals surface area contributed by atoms with Gasteiger partial charge in [0.1, 0.15) is 17.7 Å². The van der Waals surface area contributed by atoms with Gasteiger partial charge in [0.2, 0.25) is 0 Å². The highest BCUT2D eigenvalue weighted by atomic mass is 32.2. The maximum absolute atomic E-state index is 12.3. The number of pyridine rings is 1. The highest BCUT2D eigenvalue weighted by Crippen LogP contribution is 2.25. The van der Waals surface area contributed by atoms with Crippen molar-refractivity contribution in [2.75, 3.05) is 16.3 Å². The van der Waals surface area contributed by atoms with Crippen molar-refractivity contribution >= 4 is 22.7 Å². The van der Waals surface area contributed by atoms with Gasteiger partial charge in [-0.25, -0.2) is 4.72 Å². The molecule has 0 spiro atoms. The van der Waals surface area contributed by atoms with Crippen molar-refractivity contribution in [1.82, 2.24) is 4.57 Å². The van der Waals surface area contributed by atoms with Crippen LogP contribution in [0.2, 0.25) is 0 Å². The predicted octanol–water partition coefficient (Wildman–Crippen LogP) is 2.29. The predicted molar refractivity (Wildman–Crippen MR) is 99.3 cm³/mol. The SMILES string of the molecule is CCC(C)(O)Nc1cc(-c2cccc(N[S+](C)[O-])c2)cn(C)c1=O. The Morgan fingerprint density at radius 1 is 1.33 bits per heavy atom. The van der Waals surface area contributed by atoms with Gasteiger partial charge in [0.05, 0.1) is 17.0 Å². The van der Waals surface area contributed by atoms with Crippen molar-refractivity contribution in [3.05, 3.63) is 46.9 Å². The van der Waals surface area contributed by atoms with Crippen LogP contribution in [0.15, 0.2) is 41.3 Å². The molecule has 24 heavy (non-hydrogen) atoms. The molecule has 2 unspecified atom stereocenters. The molecule has 2 rings (SSSR count). The lowest BCUT2D eigenvalue weighted by atomic mass is 10.1. The normalized spacial score (nSPS) is 14.8. The van der Waals surface area contributed by atoms with Gasteiger partial charge in [-0.05, 0) is 37.1 Å². The molecule has 0 radical (unpaired) electrons. The monoisotopic (exact) mass is 349 g/mol. The van der Waals surface area contributed by atoms with Crippen molar-refractivity contribution in [3.8, 4) is 11.1 Å². The molecule has 0 aliphatic carbocycles. The van der Waals surface area contributed by atoms with Gasteiger partial charge in [-0.2, -0.15) is 0 Å². The molecule has 3 N–H and O–H groups in total. The fraction of sp³-hybridized carbons (Fsp3) is 0.353. The Morgan fingerprint density at radius 3 is 2.67 bits per heavy atom. The third kappa shape index (κ3) is 4.53. The number of aromatic nitrogens is 1. The minimum absolute atomic E-state index is 0.212. The zero-order valence-electron chi connectivity index (χ0n) is 14.3. The van der Waals surface area contributed by atoms with Crippen LogP contribution in [0.5, 0.6) is 0 Å². The maximum atomic E-state index is 12.3. The minimum atomic E-state index is -1.16. The van der Waals surface area contributed by atoms with Crippen molar-refractivity contribution in [2.45, 2.75) is 26.0 Å². The first kappa shape index (κ1) is 18.4. The standard InChI is InChI=1S/C17H23N3O3S/c1-5-17(2,22)18-15-10-13(11-20(3)16(15)21)12-7-6-8-14(9-12)19-24(4)23/h6-11,18-19,22H,5H2,1-4H3. The number of benzene rings is 1. The van der Waals surface area contributed by atoms with Crippen molar-refractivity contribution in [2.24, 2.45) is 7.05 Å². The Bertz CT molecular complexity index is 772. The van der Waals surface area contributed by atoms with Crippen LogP contribution in [0.4, 0.5) is 11.4 Å². The largest absolute Gasteiger partial charge is 0.593 e. The number of nitrogens with one attached hydrogen (secondary N) is 2. The van der Waals surface area contributed by atoms with E-state index in [4.69, 9.17) is 0 Å². The molecule has 0 saturated heterocycles. The van der Waals surface area contributed by atoms with Crippen LogP contribution in [0.1, 0.15) is 20.3 Å². The summed E-state index contributed by atoms with van der Waals surface area (Å²) in [5.41, 5.74) is 1.39. The van der Waals surface area contributed by atoms with E-state index in [1.807, 2.05) is 31.2 Å². The quantitative estimate of drug-likeness (QED) is 0.550. The maximum Gasteiger partial charge on any atom is 0.273 e. The topological polar surface area (TPSA) is 89.3 Å². The van der Waals surface area contributed by atoms with E-state index in [-0.39, 0.29) is 5.56 Å². The van der Waals surface area contributed by atoms with E-state index in [2.05, 4.69) is 10.0 Å². The number of nitrogens with zero attached hydrogens (tertiary/aromatic N) is 1. The highest BCUT2D eigenvalue weighted by Gasteiger charge is 2.19. The number of aryl methyl sites for hydroxylation is 1. The molecule has 0 aliphatic rings. The van der Waals surface area contributed by atoms with Gasteiger partial charge in [-0.1, -0.05) is 19.1 Å². The third-order valence-corrected chi connectivity index (χ3v) is 4.26. The number of anilines is 2. The molecule has 2 aromatic rings. The average Bonchev–Trinajstić information content (AvgIpc) is 2.51. The molecule has 1 heterocycles. The van der Waals surface area contributed by atoms with E-state index in [0.717, 1.165) is 16.8 Å². The zero-order valence-corrected chi connectivity index (χ0v) is 15.1. The summed E-state index contributed by atoms with van der Waals surface area (Å²) >= 11 is -1.16. The summed E-state index contributed by atoms with van der Waals surface area (Å²) in [6, 6.07) is 9.17. The second kappa shape index (κ2) is 7.29. The zero-order chi connectivity index (χ0) is 17.9. The summed E-state index contributed by atoms with van der Waals surface area (Å²) in [6.45, 7) is 3.46. The van der Waals surface area contributed by atoms with Crippen LogP contribution >= 0.6 is 0 Å². The Hall–Kier alpha value is -1.96. The first-order valence-electron chi connectivity index (χ1n) is 7.63. The summed E-state index contributed by atoms with van der Waals surface area (Å²) < 4.78 is 15.6. The molecule has 0 bridgehead atoms. The van der Waals surface area contributed by atoms with Crippen LogP contribution in [-0.2, 0) is 18.4 Å². The van der Waals surface area contributed by atoms with E-state index < -0.39 is 17.1 Å². The van der Waals surface area contributed by atoms with E-state index in [1.54, 1.807) is 32.5 Å². The van der Waals surface area contributed by atoms with Gasteiger partial charge in [-0.3, -0.25) is 4.79 Å². The summed E-state index contributed by atoms with van der Waals surface area (Å²) in [4.78, 5) is 12.3. The molecular weight excluding hydrogens is 326 g/mol. The number of aliphatic hydroxyl groups is 1. The minimum Gasteiger partial charge on any atom is -0.593 e. The van der Waals surface area contributed by atoms with Crippen LogP contribution in [0, 0.1) is 0 Å². The molecule has 7 heteroatoms. The summed E-state index contributed by atoms with van der Waals surface area (Å²) in [5.74, 6) is 0. The fourth-order valence-corrected chi connectivity index (χ4v) is 2.72. The molecule has 0 fully saturated rings. The second-order valence-corrected chi connectivity index (χ2v) is 7.06. The van der Waals surface area contributed by atoms with Crippen LogP contribution in [0.25, 0.3) is 11.1 Å². The van der Waals surface area contributed by atoms with E-state index in [9.17, 15) is 14.5 Å². The van der Waals surface area contributed by atoms with E-state index in [1.165, 1.54) is 4.57 Å². The molecule has 1 aromatic heterocycles. The third-order valence-electron chi connectivity index (χ3n) is 3.73. The van der Waals surface area contributed by atoms with Crippen LogP contribution in [-0.4, -0.2) is 26.2 Å². The molecule has 2 atom stereocenters. The number of rotatable bonds is 6. The molecule has 0 aliphatic heterocycles. The van der Waals surface area contributed by atoms with Gasteiger partial charge in [0.25, 0.3) is 5.56 Å². The van der Waals surface area contributed by atoms with Crippen molar-refractivity contribution < 1.29 is 9.66 Å². The first-order chi connectivity index (χ1) is 11.2. The Morgan fingerprint density at radius 2 is 2.04 bits per heavy atom.